The summed E-state index contributed by atoms with van der Waals surface area (Å²) in [5, 5.41) is 10.9. The number of hydrogen-bond acceptors (Lipinski definition) is 3. The van der Waals surface area contributed by atoms with Crippen molar-refractivity contribution in [3.05, 3.63) is 72.8 Å². The fourth-order valence-corrected chi connectivity index (χ4v) is 2.93. The van der Waals surface area contributed by atoms with Crippen molar-refractivity contribution in [3.8, 4) is 0 Å². The molecule has 0 aliphatic heterocycles. The third-order valence-corrected chi connectivity index (χ3v) is 4.28. The Balaban J connectivity index is 2.52. The maximum atomic E-state index is 10.9. The van der Waals surface area contributed by atoms with Crippen LogP contribution in [0.5, 0.6) is 0 Å². The van der Waals surface area contributed by atoms with Gasteiger partial charge in [-0.05, 0) is 51.8 Å². The Bertz CT molecular complexity index is 644. The Labute approximate surface area is 131 Å². The standard InChI is InChI=1S/C15H15IN2O2/c1-2-10-7-8-11(18(19)20)9-13(10)15(17)12-5-3-4-6-14(12)16/h3-9,15H,2,17H2,1H3. The minimum Gasteiger partial charge on any atom is -0.320 e. The molecular formula is C15H15IN2O2. The number of benzene rings is 2. The molecule has 0 heterocycles. The fourth-order valence-electron chi connectivity index (χ4n) is 2.20. The predicted molar refractivity (Wildman–Crippen MR) is 87.7 cm³/mol. The topological polar surface area (TPSA) is 69.2 Å². The van der Waals surface area contributed by atoms with Gasteiger partial charge in [0.25, 0.3) is 5.69 Å². The van der Waals surface area contributed by atoms with E-state index in [1.54, 1.807) is 12.1 Å². The largest absolute Gasteiger partial charge is 0.320 e. The first-order valence-electron chi connectivity index (χ1n) is 6.31. The van der Waals surface area contributed by atoms with Gasteiger partial charge >= 0.3 is 0 Å². The second-order valence-corrected chi connectivity index (χ2v) is 5.66. The van der Waals surface area contributed by atoms with Crippen LogP contribution in [0, 0.1) is 13.7 Å². The van der Waals surface area contributed by atoms with Crippen LogP contribution in [0.4, 0.5) is 5.69 Å². The molecule has 0 saturated carbocycles. The predicted octanol–water partition coefficient (Wildman–Crippen LogP) is 3.81. The molecule has 2 aromatic rings. The zero-order chi connectivity index (χ0) is 14.7. The van der Waals surface area contributed by atoms with E-state index in [1.165, 1.54) is 6.07 Å². The number of nitrogens with two attached hydrogens (primary N) is 1. The third-order valence-electron chi connectivity index (χ3n) is 3.30. The van der Waals surface area contributed by atoms with Crippen LogP contribution in [0.3, 0.4) is 0 Å². The number of non-ortho nitro benzene ring substituents is 1. The smallest absolute Gasteiger partial charge is 0.269 e. The number of nitro groups is 1. The van der Waals surface area contributed by atoms with Gasteiger partial charge in [0.15, 0.2) is 0 Å². The van der Waals surface area contributed by atoms with E-state index in [1.807, 2.05) is 31.2 Å². The van der Waals surface area contributed by atoms with Crippen LogP contribution in [0.25, 0.3) is 0 Å². The first-order chi connectivity index (χ1) is 9.54. The molecule has 2 aromatic carbocycles. The van der Waals surface area contributed by atoms with Crippen molar-refractivity contribution in [1.82, 2.24) is 0 Å². The van der Waals surface area contributed by atoms with Gasteiger partial charge in [0.2, 0.25) is 0 Å². The SMILES string of the molecule is CCc1ccc([N+](=O)[O-])cc1C(N)c1ccccc1I. The summed E-state index contributed by atoms with van der Waals surface area (Å²) in [4.78, 5) is 10.6. The highest BCUT2D eigenvalue weighted by Crippen LogP contribution is 2.29. The highest BCUT2D eigenvalue weighted by Gasteiger charge is 2.18. The van der Waals surface area contributed by atoms with Crippen LogP contribution in [0.15, 0.2) is 42.5 Å². The van der Waals surface area contributed by atoms with Crippen molar-refractivity contribution in [1.29, 1.82) is 0 Å². The molecule has 0 saturated heterocycles. The van der Waals surface area contributed by atoms with Gasteiger partial charge in [0.05, 0.1) is 11.0 Å². The Hall–Kier alpha value is -1.47. The molecule has 1 unspecified atom stereocenters. The van der Waals surface area contributed by atoms with E-state index in [0.717, 1.165) is 26.7 Å². The van der Waals surface area contributed by atoms with E-state index in [-0.39, 0.29) is 16.7 Å². The average molecular weight is 382 g/mol. The molecule has 0 spiro atoms. The summed E-state index contributed by atoms with van der Waals surface area (Å²) >= 11 is 2.23. The Morgan fingerprint density at radius 1 is 1.25 bits per heavy atom. The maximum absolute atomic E-state index is 10.9. The molecule has 0 aromatic heterocycles. The number of nitrogens with zero attached hydrogens (tertiary/aromatic N) is 1. The molecule has 0 radical (unpaired) electrons. The van der Waals surface area contributed by atoms with Gasteiger partial charge in [-0.3, -0.25) is 10.1 Å². The van der Waals surface area contributed by atoms with Gasteiger partial charge in [0, 0.05) is 15.7 Å². The average Bonchev–Trinajstić information content (AvgIpc) is 2.46. The van der Waals surface area contributed by atoms with Crippen LogP contribution in [-0.4, -0.2) is 4.92 Å². The van der Waals surface area contributed by atoms with Crippen LogP contribution in [0.2, 0.25) is 0 Å². The van der Waals surface area contributed by atoms with Crippen LogP contribution in [0.1, 0.15) is 29.7 Å². The molecule has 4 nitrogen and oxygen atoms in total. The molecule has 20 heavy (non-hydrogen) atoms. The molecule has 2 rings (SSSR count). The molecule has 0 bridgehead atoms. The number of nitro benzene ring substituents is 1. The number of halogens is 1. The zero-order valence-corrected chi connectivity index (χ0v) is 13.2. The van der Waals surface area contributed by atoms with Crippen LogP contribution in [-0.2, 0) is 6.42 Å². The Morgan fingerprint density at radius 2 is 1.95 bits per heavy atom. The molecule has 0 aliphatic carbocycles. The Morgan fingerprint density at radius 3 is 2.55 bits per heavy atom. The summed E-state index contributed by atoms with van der Waals surface area (Å²) in [5.41, 5.74) is 9.28. The Kier molecular flexibility index (Phi) is 4.72. The van der Waals surface area contributed by atoms with Crippen molar-refractivity contribution < 1.29 is 4.92 Å². The van der Waals surface area contributed by atoms with Gasteiger partial charge in [-0.25, -0.2) is 0 Å². The molecule has 2 N–H and O–H groups in total. The minimum absolute atomic E-state index is 0.0820. The van der Waals surface area contributed by atoms with E-state index < -0.39 is 0 Å². The second-order valence-electron chi connectivity index (χ2n) is 4.49. The van der Waals surface area contributed by atoms with Crippen molar-refractivity contribution >= 4 is 28.3 Å². The van der Waals surface area contributed by atoms with Gasteiger partial charge in [-0.1, -0.05) is 31.2 Å². The van der Waals surface area contributed by atoms with Crippen molar-refractivity contribution in [3.63, 3.8) is 0 Å². The van der Waals surface area contributed by atoms with E-state index in [0.29, 0.717) is 0 Å². The first kappa shape index (κ1) is 14.9. The van der Waals surface area contributed by atoms with Crippen LogP contribution >= 0.6 is 22.6 Å². The summed E-state index contributed by atoms with van der Waals surface area (Å²) in [6.45, 7) is 2.02. The van der Waals surface area contributed by atoms with E-state index in [2.05, 4.69) is 22.6 Å². The molecule has 0 aliphatic rings. The van der Waals surface area contributed by atoms with E-state index >= 15 is 0 Å². The summed E-state index contributed by atoms with van der Waals surface area (Å²) in [5.74, 6) is 0. The summed E-state index contributed by atoms with van der Waals surface area (Å²) < 4.78 is 1.06. The highest BCUT2D eigenvalue weighted by atomic mass is 127. The van der Waals surface area contributed by atoms with E-state index in [9.17, 15) is 10.1 Å². The number of aryl methyl sites for hydroxylation is 1. The van der Waals surface area contributed by atoms with Gasteiger partial charge in [0.1, 0.15) is 0 Å². The summed E-state index contributed by atoms with van der Waals surface area (Å²) in [6.07, 6.45) is 0.796. The van der Waals surface area contributed by atoms with Crippen molar-refractivity contribution in [2.24, 2.45) is 5.73 Å². The molecule has 0 fully saturated rings. The van der Waals surface area contributed by atoms with Gasteiger partial charge in [-0.15, -0.1) is 0 Å². The van der Waals surface area contributed by atoms with Crippen molar-refractivity contribution in [2.75, 3.05) is 0 Å². The lowest BCUT2D eigenvalue weighted by Gasteiger charge is -2.17. The second kappa shape index (κ2) is 6.32. The lowest BCUT2D eigenvalue weighted by molar-refractivity contribution is -0.384. The monoisotopic (exact) mass is 382 g/mol. The minimum atomic E-state index is -0.383. The highest BCUT2D eigenvalue weighted by molar-refractivity contribution is 14.1. The molecule has 0 amide bonds. The number of hydrogen-bond donors (Lipinski definition) is 1. The van der Waals surface area contributed by atoms with E-state index in [4.69, 9.17) is 5.73 Å². The summed E-state index contributed by atoms with van der Waals surface area (Å²) in [6, 6.07) is 12.4. The lowest BCUT2D eigenvalue weighted by atomic mass is 9.93. The third kappa shape index (κ3) is 2.99. The lowest BCUT2D eigenvalue weighted by Crippen LogP contribution is -2.15. The fraction of sp³-hybridized carbons (Fsp3) is 0.200. The molecule has 1 atom stereocenters. The van der Waals surface area contributed by atoms with Gasteiger partial charge < -0.3 is 5.73 Å². The normalized spacial score (nSPS) is 12.2. The quantitative estimate of drug-likeness (QED) is 0.497. The van der Waals surface area contributed by atoms with Gasteiger partial charge in [-0.2, -0.15) is 0 Å². The molecule has 104 valence electrons. The molecule has 5 heteroatoms. The molecular weight excluding hydrogens is 367 g/mol. The van der Waals surface area contributed by atoms with Crippen LogP contribution < -0.4 is 5.73 Å². The summed E-state index contributed by atoms with van der Waals surface area (Å²) in [7, 11) is 0. The maximum Gasteiger partial charge on any atom is 0.269 e. The zero-order valence-electron chi connectivity index (χ0n) is 11.0. The van der Waals surface area contributed by atoms with Crippen molar-refractivity contribution in [2.45, 2.75) is 19.4 Å². The first-order valence-corrected chi connectivity index (χ1v) is 7.39. The number of rotatable bonds is 4.